The number of nitrogens with one attached hydrogen (secondary N) is 1. The van der Waals surface area contributed by atoms with Crippen LogP contribution in [-0.2, 0) is 0 Å². The third-order valence-electron chi connectivity index (χ3n) is 4.13. The van der Waals surface area contributed by atoms with Gasteiger partial charge in [0, 0.05) is 40.6 Å². The quantitative estimate of drug-likeness (QED) is 0.886. The first kappa shape index (κ1) is 14.8. The molecule has 1 aliphatic rings. The van der Waals surface area contributed by atoms with Crippen LogP contribution in [0.4, 0.5) is 5.82 Å². The van der Waals surface area contributed by atoms with Crippen molar-refractivity contribution < 1.29 is 0 Å². The van der Waals surface area contributed by atoms with E-state index < -0.39 is 0 Å². The van der Waals surface area contributed by atoms with Gasteiger partial charge >= 0.3 is 0 Å². The first-order valence-corrected chi connectivity index (χ1v) is 8.60. The molecule has 0 aliphatic carbocycles. The molecule has 0 bridgehead atoms. The molecule has 0 spiro atoms. The minimum Gasteiger partial charge on any atom is -0.355 e. The predicted octanol–water partition coefficient (Wildman–Crippen LogP) is 3.97. The number of nitrogens with zero attached hydrogens (tertiary/aromatic N) is 2. The van der Waals surface area contributed by atoms with Gasteiger partial charge in [0.2, 0.25) is 0 Å². The van der Waals surface area contributed by atoms with E-state index in [1.54, 1.807) is 0 Å². The second kappa shape index (κ2) is 6.75. The molecular weight excluding hydrogens is 326 g/mol. The van der Waals surface area contributed by atoms with Gasteiger partial charge in [-0.25, -0.2) is 4.98 Å². The second-order valence-corrected chi connectivity index (χ2v) is 6.56. The van der Waals surface area contributed by atoms with Crippen molar-refractivity contribution >= 4 is 32.5 Å². The molecule has 112 valence electrons. The molecule has 1 fully saturated rings. The molecular formula is C17H22BrN3. The van der Waals surface area contributed by atoms with Crippen LogP contribution < -0.4 is 10.2 Å². The van der Waals surface area contributed by atoms with Crippen LogP contribution in [0, 0.1) is 0 Å². The zero-order valence-electron chi connectivity index (χ0n) is 12.5. The summed E-state index contributed by atoms with van der Waals surface area (Å²) in [5, 5.41) is 6.07. The van der Waals surface area contributed by atoms with E-state index in [0.29, 0.717) is 6.04 Å². The molecule has 0 radical (unpaired) electrons. The molecule has 1 saturated heterocycles. The van der Waals surface area contributed by atoms with Crippen LogP contribution in [0.1, 0.15) is 26.2 Å². The van der Waals surface area contributed by atoms with E-state index in [1.165, 1.54) is 23.6 Å². The van der Waals surface area contributed by atoms with Crippen molar-refractivity contribution in [2.45, 2.75) is 32.2 Å². The van der Waals surface area contributed by atoms with Gasteiger partial charge in [-0.1, -0.05) is 35.0 Å². The van der Waals surface area contributed by atoms with Crippen molar-refractivity contribution in [3.63, 3.8) is 0 Å². The zero-order valence-corrected chi connectivity index (χ0v) is 14.1. The van der Waals surface area contributed by atoms with Crippen molar-refractivity contribution in [2.75, 3.05) is 24.5 Å². The van der Waals surface area contributed by atoms with Crippen LogP contribution in [0.2, 0.25) is 0 Å². The summed E-state index contributed by atoms with van der Waals surface area (Å²) in [7, 11) is 0. The van der Waals surface area contributed by atoms with Crippen molar-refractivity contribution in [3.8, 4) is 0 Å². The Labute approximate surface area is 134 Å². The fourth-order valence-electron chi connectivity index (χ4n) is 3.14. The molecule has 1 aliphatic heterocycles. The van der Waals surface area contributed by atoms with Crippen LogP contribution in [-0.4, -0.2) is 30.7 Å². The third kappa shape index (κ3) is 3.22. The molecule has 1 atom stereocenters. The van der Waals surface area contributed by atoms with E-state index in [4.69, 9.17) is 0 Å². The summed E-state index contributed by atoms with van der Waals surface area (Å²) in [5.41, 5.74) is 0. The highest BCUT2D eigenvalue weighted by molar-refractivity contribution is 9.10. The van der Waals surface area contributed by atoms with E-state index in [1.807, 2.05) is 6.20 Å². The SMILES string of the molecule is CCCN(CC1CCCN1)c1nccc2c(Br)cccc12. The first-order valence-electron chi connectivity index (χ1n) is 7.81. The Morgan fingerprint density at radius 2 is 2.24 bits per heavy atom. The zero-order chi connectivity index (χ0) is 14.7. The molecule has 0 saturated carbocycles. The molecule has 2 aromatic rings. The Morgan fingerprint density at radius 1 is 1.33 bits per heavy atom. The highest BCUT2D eigenvalue weighted by Gasteiger charge is 2.19. The lowest BCUT2D eigenvalue weighted by Gasteiger charge is -2.27. The number of benzene rings is 1. The Kier molecular flexibility index (Phi) is 4.76. The Balaban J connectivity index is 1.96. The molecule has 3 nitrogen and oxygen atoms in total. The smallest absolute Gasteiger partial charge is 0.136 e. The summed E-state index contributed by atoms with van der Waals surface area (Å²) in [6.07, 6.45) is 5.62. The lowest BCUT2D eigenvalue weighted by Crippen LogP contribution is -2.38. The summed E-state index contributed by atoms with van der Waals surface area (Å²) in [5.74, 6) is 1.12. The maximum Gasteiger partial charge on any atom is 0.136 e. The summed E-state index contributed by atoms with van der Waals surface area (Å²) in [6.45, 7) is 5.48. The van der Waals surface area contributed by atoms with Gasteiger partial charge in [0.1, 0.15) is 5.82 Å². The van der Waals surface area contributed by atoms with Crippen LogP contribution in [0.15, 0.2) is 34.9 Å². The van der Waals surface area contributed by atoms with E-state index >= 15 is 0 Å². The molecule has 3 rings (SSSR count). The van der Waals surface area contributed by atoms with Crippen LogP contribution in [0.5, 0.6) is 0 Å². The summed E-state index contributed by atoms with van der Waals surface area (Å²) in [6, 6.07) is 9.04. The maximum absolute atomic E-state index is 4.69. The number of hydrogen-bond acceptors (Lipinski definition) is 3. The Morgan fingerprint density at radius 3 is 3.00 bits per heavy atom. The maximum atomic E-state index is 4.69. The topological polar surface area (TPSA) is 28.2 Å². The van der Waals surface area contributed by atoms with Gasteiger partial charge in [0.25, 0.3) is 0 Å². The van der Waals surface area contributed by atoms with Gasteiger partial charge in [-0.05, 0) is 37.9 Å². The highest BCUT2D eigenvalue weighted by atomic mass is 79.9. The molecule has 21 heavy (non-hydrogen) atoms. The molecule has 1 aromatic carbocycles. The number of rotatable bonds is 5. The van der Waals surface area contributed by atoms with Gasteiger partial charge in [-0.3, -0.25) is 0 Å². The van der Waals surface area contributed by atoms with Gasteiger partial charge in [0.15, 0.2) is 0 Å². The summed E-state index contributed by atoms with van der Waals surface area (Å²) < 4.78 is 1.14. The third-order valence-corrected chi connectivity index (χ3v) is 4.82. The van der Waals surface area contributed by atoms with Crippen LogP contribution in [0.25, 0.3) is 10.8 Å². The number of aromatic nitrogens is 1. The van der Waals surface area contributed by atoms with Crippen molar-refractivity contribution in [3.05, 3.63) is 34.9 Å². The average molecular weight is 348 g/mol. The predicted molar refractivity (Wildman–Crippen MR) is 93.0 cm³/mol. The number of hydrogen-bond donors (Lipinski definition) is 1. The van der Waals surface area contributed by atoms with Gasteiger partial charge < -0.3 is 10.2 Å². The average Bonchev–Trinajstić information content (AvgIpc) is 3.00. The monoisotopic (exact) mass is 347 g/mol. The largest absolute Gasteiger partial charge is 0.355 e. The van der Waals surface area contributed by atoms with Crippen molar-refractivity contribution in [2.24, 2.45) is 0 Å². The van der Waals surface area contributed by atoms with E-state index in [9.17, 15) is 0 Å². The highest BCUT2D eigenvalue weighted by Crippen LogP contribution is 2.30. The number of fused-ring (bicyclic) bond motifs is 1. The Bertz CT molecular complexity index is 608. The van der Waals surface area contributed by atoms with Gasteiger partial charge in [-0.15, -0.1) is 0 Å². The van der Waals surface area contributed by atoms with Crippen LogP contribution in [0.3, 0.4) is 0 Å². The first-order chi connectivity index (χ1) is 10.3. The van der Waals surface area contributed by atoms with Crippen molar-refractivity contribution in [1.29, 1.82) is 0 Å². The van der Waals surface area contributed by atoms with Crippen LogP contribution >= 0.6 is 15.9 Å². The molecule has 0 amide bonds. The van der Waals surface area contributed by atoms with E-state index in [-0.39, 0.29) is 0 Å². The van der Waals surface area contributed by atoms with E-state index in [0.717, 1.165) is 36.3 Å². The summed E-state index contributed by atoms with van der Waals surface area (Å²) in [4.78, 5) is 7.13. The van der Waals surface area contributed by atoms with Gasteiger partial charge in [0.05, 0.1) is 0 Å². The normalized spacial score (nSPS) is 18.3. The lowest BCUT2D eigenvalue weighted by atomic mass is 10.1. The fourth-order valence-corrected chi connectivity index (χ4v) is 3.64. The van der Waals surface area contributed by atoms with Crippen molar-refractivity contribution in [1.82, 2.24) is 10.3 Å². The molecule has 1 N–H and O–H groups in total. The molecule has 1 aromatic heterocycles. The molecule has 2 heterocycles. The number of anilines is 1. The molecule has 4 heteroatoms. The molecule has 1 unspecified atom stereocenters. The Hall–Kier alpha value is -1.13. The summed E-state index contributed by atoms with van der Waals surface area (Å²) >= 11 is 3.65. The number of halogens is 1. The fraction of sp³-hybridized carbons (Fsp3) is 0.471. The lowest BCUT2D eigenvalue weighted by molar-refractivity contribution is 0.576. The van der Waals surface area contributed by atoms with Gasteiger partial charge in [-0.2, -0.15) is 0 Å². The second-order valence-electron chi connectivity index (χ2n) is 5.71. The standard InChI is InChI=1S/C17H22BrN3/c1-2-11-21(12-13-5-4-9-19-13)17-15-6-3-7-16(18)14(15)8-10-20-17/h3,6-8,10,13,19H,2,4-5,9,11-12H2,1H3. The minimum atomic E-state index is 0.598. The minimum absolute atomic E-state index is 0.598. The van der Waals surface area contributed by atoms with E-state index in [2.05, 4.69) is 62.3 Å². The number of pyridine rings is 1.